The number of aliphatic carboxylic acids is 1. The van der Waals surface area contributed by atoms with E-state index >= 15 is 4.39 Å². The number of nitrogens with zero attached hydrogens (tertiary/aromatic N) is 2. The first kappa shape index (κ1) is 24.9. The van der Waals surface area contributed by atoms with Gasteiger partial charge in [-0.05, 0) is 50.7 Å². The number of sulfonamides is 1. The summed E-state index contributed by atoms with van der Waals surface area (Å²) in [5.74, 6) is -5.04. The van der Waals surface area contributed by atoms with Crippen LogP contribution in [0.4, 0.5) is 23.2 Å². The van der Waals surface area contributed by atoms with Crippen molar-refractivity contribution in [3.63, 3.8) is 0 Å². The lowest BCUT2D eigenvalue weighted by atomic mass is 9.86. The van der Waals surface area contributed by atoms with E-state index in [9.17, 15) is 41.1 Å². The van der Waals surface area contributed by atoms with E-state index in [0.717, 1.165) is 12.3 Å². The number of pyridine rings is 1. The topological polar surface area (TPSA) is 134 Å². The normalized spacial score (nSPS) is 21.1. The van der Waals surface area contributed by atoms with E-state index in [1.54, 1.807) is 0 Å². The smallest absolute Gasteiger partial charge is 0.481 e. The van der Waals surface area contributed by atoms with Gasteiger partial charge in [-0.3, -0.25) is 13.9 Å². The zero-order valence-corrected chi connectivity index (χ0v) is 18.8. The average molecular weight is 520 g/mol. The van der Waals surface area contributed by atoms with Gasteiger partial charge in [-0.2, -0.15) is 21.6 Å². The second kappa shape index (κ2) is 8.50. The van der Waals surface area contributed by atoms with Crippen LogP contribution in [0.3, 0.4) is 0 Å². The van der Waals surface area contributed by atoms with Crippen LogP contribution in [0.5, 0.6) is 0 Å². The summed E-state index contributed by atoms with van der Waals surface area (Å²) in [7, 11) is -6.10. The van der Waals surface area contributed by atoms with Crippen molar-refractivity contribution in [2.45, 2.75) is 56.1 Å². The molecule has 2 fully saturated rings. The summed E-state index contributed by atoms with van der Waals surface area (Å²) in [6, 6.07) is -0.278. The number of anilines is 1. The van der Waals surface area contributed by atoms with Gasteiger partial charge in [-0.25, -0.2) is 9.18 Å². The molecule has 190 valence electrons. The Labute approximate surface area is 195 Å². The summed E-state index contributed by atoms with van der Waals surface area (Å²) in [4.78, 5) is 35.3. The third-order valence-corrected chi connectivity index (χ3v) is 8.04. The van der Waals surface area contributed by atoms with E-state index in [2.05, 4.69) is 0 Å². The second-order valence-corrected chi connectivity index (χ2v) is 10.5. The fourth-order valence-corrected chi connectivity index (χ4v) is 5.75. The number of carboxylic acid groups (broad SMARTS) is 2. The molecule has 1 aromatic carbocycles. The highest BCUT2D eigenvalue weighted by Gasteiger charge is 2.53. The van der Waals surface area contributed by atoms with Gasteiger partial charge in [0, 0.05) is 23.7 Å². The lowest BCUT2D eigenvalue weighted by Crippen LogP contribution is -2.49. The molecular formula is C21H20F4N2O7S. The fraction of sp³-hybridized carbons (Fsp3) is 0.476. The van der Waals surface area contributed by atoms with E-state index in [-0.39, 0.29) is 41.5 Å². The lowest BCUT2D eigenvalue weighted by Gasteiger charge is -2.37. The third kappa shape index (κ3) is 4.34. The van der Waals surface area contributed by atoms with E-state index in [4.69, 9.17) is 5.11 Å². The van der Waals surface area contributed by atoms with Crippen LogP contribution in [0.25, 0.3) is 10.9 Å². The number of hydrogen-bond acceptors (Lipinski definition) is 5. The second-order valence-electron chi connectivity index (χ2n) is 8.73. The average Bonchev–Trinajstić information content (AvgIpc) is 3.59. The van der Waals surface area contributed by atoms with Crippen LogP contribution in [-0.2, 0) is 14.8 Å². The van der Waals surface area contributed by atoms with Gasteiger partial charge in [-0.1, -0.05) is 0 Å². The van der Waals surface area contributed by atoms with Gasteiger partial charge in [0.05, 0.1) is 17.1 Å². The summed E-state index contributed by atoms with van der Waals surface area (Å²) >= 11 is 0. The Morgan fingerprint density at radius 2 is 1.63 bits per heavy atom. The SMILES string of the molecule is O=C(O)c1cn(C2CC2)c2cc(N(C3CCC(C(=O)O)CC3)S(=O)(=O)C(F)(F)F)c(F)cc2c1=O. The molecule has 14 heteroatoms. The zero-order valence-electron chi connectivity index (χ0n) is 18.0. The van der Waals surface area contributed by atoms with Gasteiger partial charge in [0.1, 0.15) is 11.4 Å². The Hall–Kier alpha value is -3.16. The molecule has 0 saturated heterocycles. The summed E-state index contributed by atoms with van der Waals surface area (Å²) in [5.41, 5.74) is -8.52. The first-order valence-electron chi connectivity index (χ1n) is 10.7. The molecule has 2 aliphatic carbocycles. The molecule has 2 N–H and O–H groups in total. The van der Waals surface area contributed by atoms with Crippen LogP contribution in [-0.4, -0.2) is 46.7 Å². The van der Waals surface area contributed by atoms with Gasteiger partial charge < -0.3 is 14.8 Å². The maximum absolute atomic E-state index is 15.2. The highest BCUT2D eigenvalue weighted by atomic mass is 32.2. The summed E-state index contributed by atoms with van der Waals surface area (Å²) in [5, 5.41) is 18.1. The van der Waals surface area contributed by atoms with Crippen LogP contribution < -0.4 is 9.73 Å². The number of benzene rings is 1. The monoisotopic (exact) mass is 520 g/mol. The summed E-state index contributed by atoms with van der Waals surface area (Å²) in [6.07, 6.45) is 1.46. The summed E-state index contributed by atoms with van der Waals surface area (Å²) < 4.78 is 82.6. The van der Waals surface area contributed by atoms with E-state index in [1.807, 2.05) is 0 Å². The number of aromatic carboxylic acids is 1. The third-order valence-electron chi connectivity index (χ3n) is 6.44. The molecular weight excluding hydrogens is 500 g/mol. The zero-order chi connectivity index (χ0) is 25.9. The van der Waals surface area contributed by atoms with Crippen molar-refractivity contribution in [1.29, 1.82) is 0 Å². The van der Waals surface area contributed by atoms with E-state index in [1.165, 1.54) is 4.57 Å². The van der Waals surface area contributed by atoms with Gasteiger partial charge in [0.2, 0.25) is 5.43 Å². The van der Waals surface area contributed by atoms with Crippen LogP contribution in [0, 0.1) is 11.7 Å². The van der Waals surface area contributed by atoms with E-state index in [0.29, 0.717) is 18.9 Å². The lowest BCUT2D eigenvalue weighted by molar-refractivity contribution is -0.142. The molecule has 0 bridgehead atoms. The highest BCUT2D eigenvalue weighted by Crippen LogP contribution is 2.42. The van der Waals surface area contributed by atoms with Crippen molar-refractivity contribution in [2.24, 2.45) is 5.92 Å². The van der Waals surface area contributed by atoms with Crippen molar-refractivity contribution >= 4 is 38.6 Å². The Kier molecular flexibility index (Phi) is 6.06. The fourth-order valence-electron chi connectivity index (χ4n) is 4.53. The molecule has 1 heterocycles. The number of alkyl halides is 3. The molecule has 9 nitrogen and oxygen atoms in total. The molecule has 35 heavy (non-hydrogen) atoms. The Bertz CT molecular complexity index is 1370. The van der Waals surface area contributed by atoms with Crippen molar-refractivity contribution in [3.8, 4) is 0 Å². The predicted octanol–water partition coefficient (Wildman–Crippen LogP) is 3.47. The Balaban J connectivity index is 1.93. The number of hydrogen-bond donors (Lipinski definition) is 2. The minimum absolute atomic E-state index is 0.0628. The molecule has 0 atom stereocenters. The minimum atomic E-state index is -6.10. The number of fused-ring (bicyclic) bond motifs is 1. The first-order valence-corrected chi connectivity index (χ1v) is 12.1. The number of halogens is 4. The Morgan fingerprint density at radius 3 is 2.11 bits per heavy atom. The number of aromatic nitrogens is 1. The van der Waals surface area contributed by atoms with Gasteiger partial charge in [-0.15, -0.1) is 0 Å². The van der Waals surface area contributed by atoms with Crippen molar-refractivity contribution in [1.82, 2.24) is 4.57 Å². The highest BCUT2D eigenvalue weighted by molar-refractivity contribution is 7.93. The standard InChI is InChI=1S/C21H20F4N2O7S/c22-15-7-13-16(26(11-5-6-11)9-14(18(13)28)20(31)32)8-17(15)27(35(33,34)21(23,24)25)12-3-1-10(2-4-12)19(29)30/h7-12H,1-6H2,(H,29,30)(H,31,32). The molecule has 2 aliphatic rings. The quantitative estimate of drug-likeness (QED) is 0.557. The molecule has 2 saturated carbocycles. The van der Waals surface area contributed by atoms with Crippen molar-refractivity contribution < 1.29 is 45.8 Å². The number of carbonyl (C=O) groups is 2. The van der Waals surface area contributed by atoms with E-state index < -0.39 is 67.3 Å². The minimum Gasteiger partial charge on any atom is -0.481 e. The molecule has 2 aromatic rings. The number of rotatable bonds is 6. The largest absolute Gasteiger partial charge is 0.516 e. The van der Waals surface area contributed by atoms with Crippen molar-refractivity contribution in [3.05, 3.63) is 39.9 Å². The van der Waals surface area contributed by atoms with Crippen LogP contribution in [0.2, 0.25) is 0 Å². The molecule has 0 amide bonds. The van der Waals surface area contributed by atoms with Gasteiger partial charge >= 0.3 is 27.5 Å². The Morgan fingerprint density at radius 1 is 1.03 bits per heavy atom. The molecule has 0 aliphatic heterocycles. The maximum atomic E-state index is 15.2. The maximum Gasteiger partial charge on any atom is 0.516 e. The van der Waals surface area contributed by atoms with Crippen LogP contribution in [0.1, 0.15) is 54.9 Å². The molecule has 1 aromatic heterocycles. The predicted molar refractivity (Wildman–Crippen MR) is 114 cm³/mol. The first-order chi connectivity index (χ1) is 16.2. The van der Waals surface area contributed by atoms with Gasteiger partial charge in [0.15, 0.2) is 0 Å². The van der Waals surface area contributed by atoms with Crippen LogP contribution >= 0.6 is 0 Å². The summed E-state index contributed by atoms with van der Waals surface area (Å²) in [6.45, 7) is 0. The van der Waals surface area contributed by atoms with Crippen molar-refractivity contribution in [2.75, 3.05) is 4.31 Å². The number of carboxylic acids is 2. The van der Waals surface area contributed by atoms with Crippen LogP contribution in [0.15, 0.2) is 23.1 Å². The molecule has 0 spiro atoms. The van der Waals surface area contributed by atoms with Gasteiger partial charge in [0.25, 0.3) is 0 Å². The molecule has 0 unspecified atom stereocenters. The molecule has 4 rings (SSSR count). The molecule has 0 radical (unpaired) electrons.